The van der Waals surface area contributed by atoms with Gasteiger partial charge in [-0.2, -0.15) is 0 Å². The van der Waals surface area contributed by atoms with Crippen molar-refractivity contribution >= 4 is 11.4 Å². The Bertz CT molecular complexity index is 900. The van der Waals surface area contributed by atoms with Gasteiger partial charge in [0.25, 0.3) is 0 Å². The van der Waals surface area contributed by atoms with E-state index in [4.69, 9.17) is 4.74 Å². The number of rotatable bonds is 7. The number of hydrogen-bond donors (Lipinski definition) is 3. The molecule has 7 heteroatoms. The molecule has 0 unspecified atom stereocenters. The summed E-state index contributed by atoms with van der Waals surface area (Å²) in [5, 5.41) is 9.94. The molecule has 2 saturated heterocycles. The van der Waals surface area contributed by atoms with Gasteiger partial charge in [-0.05, 0) is 79.7 Å². The van der Waals surface area contributed by atoms with Crippen LogP contribution in [0.1, 0.15) is 52.9 Å². The summed E-state index contributed by atoms with van der Waals surface area (Å²) in [5.41, 5.74) is 4.34. The van der Waals surface area contributed by atoms with Crippen molar-refractivity contribution in [2.75, 3.05) is 36.9 Å². The van der Waals surface area contributed by atoms with Gasteiger partial charge in [-0.3, -0.25) is 9.97 Å². The molecule has 2 aromatic heterocycles. The third-order valence-corrected chi connectivity index (χ3v) is 5.80. The van der Waals surface area contributed by atoms with Gasteiger partial charge >= 0.3 is 0 Å². The summed E-state index contributed by atoms with van der Waals surface area (Å²) in [6, 6.07) is 9.50. The first-order chi connectivity index (χ1) is 17.0. The molecule has 0 radical (unpaired) electrons. The van der Waals surface area contributed by atoms with Gasteiger partial charge in [0.15, 0.2) is 0 Å². The van der Waals surface area contributed by atoms with Crippen molar-refractivity contribution in [3.63, 3.8) is 0 Å². The lowest BCUT2D eigenvalue weighted by Crippen LogP contribution is -2.34. The highest BCUT2D eigenvalue weighted by Crippen LogP contribution is 2.30. The molecule has 0 aromatic carbocycles. The summed E-state index contributed by atoms with van der Waals surface area (Å²) in [5.74, 6) is 2.55. The molecule has 0 saturated carbocycles. The molecule has 36 heavy (non-hydrogen) atoms. The number of ether oxygens (including phenoxy) is 1. The van der Waals surface area contributed by atoms with Crippen LogP contribution in [0.2, 0.25) is 0 Å². The van der Waals surface area contributed by atoms with E-state index >= 15 is 0 Å². The zero-order valence-electron chi connectivity index (χ0n) is 23.6. The first-order valence-corrected chi connectivity index (χ1v) is 13.2. The highest BCUT2D eigenvalue weighted by Gasteiger charge is 2.37. The fraction of sp³-hybridized carbons (Fsp3) is 0.586. The van der Waals surface area contributed by atoms with E-state index in [0.29, 0.717) is 18.1 Å². The summed E-state index contributed by atoms with van der Waals surface area (Å²) in [4.78, 5) is 10.6. The molecule has 4 rings (SSSR count). The number of hydrogen-bond acceptors (Lipinski definition) is 7. The Kier molecular flexibility index (Phi) is 12.0. The van der Waals surface area contributed by atoms with Gasteiger partial charge in [-0.1, -0.05) is 6.58 Å². The number of likely N-dealkylation sites (tertiary alicyclic amines) is 1. The van der Waals surface area contributed by atoms with Crippen LogP contribution in [0.3, 0.4) is 0 Å². The highest BCUT2D eigenvalue weighted by atomic mass is 16.5. The molecule has 2 atom stereocenters. The SMILES string of the molecule is C=C(NC(C)C)N1C[C@H]2COC[C@H]2C1.Cc1cc(NC(C)C)ccn1.Cc1ccc(NC(C)C)cn1. The maximum absolute atomic E-state index is 5.44. The molecule has 0 amide bonds. The van der Waals surface area contributed by atoms with Crippen molar-refractivity contribution < 1.29 is 4.74 Å². The van der Waals surface area contributed by atoms with Crippen molar-refractivity contribution in [3.8, 4) is 0 Å². The first kappa shape index (κ1) is 29.4. The summed E-state index contributed by atoms with van der Waals surface area (Å²) >= 11 is 0. The van der Waals surface area contributed by atoms with Gasteiger partial charge in [-0.15, -0.1) is 0 Å². The second-order valence-corrected chi connectivity index (χ2v) is 10.7. The number of anilines is 2. The van der Waals surface area contributed by atoms with E-state index in [0.717, 1.165) is 66.7 Å². The molecule has 2 aliphatic rings. The van der Waals surface area contributed by atoms with E-state index in [1.54, 1.807) is 0 Å². The zero-order valence-corrected chi connectivity index (χ0v) is 23.6. The van der Waals surface area contributed by atoms with Crippen LogP contribution < -0.4 is 16.0 Å². The monoisotopic (exact) mass is 496 g/mol. The second-order valence-electron chi connectivity index (χ2n) is 10.7. The number of aryl methyl sites for hydroxylation is 2. The predicted molar refractivity (Wildman–Crippen MR) is 152 cm³/mol. The normalized spacial score (nSPS) is 18.2. The van der Waals surface area contributed by atoms with Crippen LogP contribution in [-0.4, -0.2) is 59.3 Å². The minimum atomic E-state index is 0.471. The van der Waals surface area contributed by atoms with Gasteiger partial charge in [0, 0.05) is 66.3 Å². The molecule has 0 aliphatic carbocycles. The van der Waals surface area contributed by atoms with E-state index in [1.165, 1.54) is 0 Å². The summed E-state index contributed by atoms with van der Waals surface area (Å²) in [6.45, 7) is 24.9. The van der Waals surface area contributed by atoms with E-state index in [-0.39, 0.29) is 0 Å². The fourth-order valence-electron chi connectivity index (χ4n) is 4.19. The van der Waals surface area contributed by atoms with Crippen molar-refractivity contribution in [1.82, 2.24) is 20.2 Å². The molecule has 7 nitrogen and oxygen atoms in total. The minimum Gasteiger partial charge on any atom is -0.383 e. The van der Waals surface area contributed by atoms with Crippen molar-refractivity contribution in [3.05, 3.63) is 60.4 Å². The molecule has 200 valence electrons. The van der Waals surface area contributed by atoms with Crippen LogP contribution in [0.15, 0.2) is 49.1 Å². The molecule has 0 spiro atoms. The van der Waals surface area contributed by atoms with E-state index in [9.17, 15) is 0 Å². The highest BCUT2D eigenvalue weighted by molar-refractivity contribution is 5.43. The van der Waals surface area contributed by atoms with Gasteiger partial charge in [0.2, 0.25) is 0 Å². The fourth-order valence-corrected chi connectivity index (χ4v) is 4.19. The van der Waals surface area contributed by atoms with Crippen LogP contribution in [0.25, 0.3) is 0 Å². The Labute approximate surface area is 219 Å². The van der Waals surface area contributed by atoms with Gasteiger partial charge in [-0.25, -0.2) is 0 Å². The average molecular weight is 497 g/mol. The third-order valence-electron chi connectivity index (χ3n) is 5.80. The van der Waals surface area contributed by atoms with Crippen molar-refractivity contribution in [1.29, 1.82) is 0 Å². The number of nitrogens with zero attached hydrogens (tertiary/aromatic N) is 3. The van der Waals surface area contributed by atoms with Crippen molar-refractivity contribution in [2.45, 2.75) is 73.5 Å². The third kappa shape index (κ3) is 10.9. The average Bonchev–Trinajstić information content (AvgIpc) is 3.38. The Morgan fingerprint density at radius 3 is 1.97 bits per heavy atom. The Morgan fingerprint density at radius 1 is 0.861 bits per heavy atom. The molecule has 2 aliphatic heterocycles. The lowest BCUT2D eigenvalue weighted by Gasteiger charge is -2.24. The molecule has 2 fully saturated rings. The number of fused-ring (bicyclic) bond motifs is 1. The van der Waals surface area contributed by atoms with Gasteiger partial charge < -0.3 is 25.6 Å². The van der Waals surface area contributed by atoms with Gasteiger partial charge in [0.1, 0.15) is 0 Å². The van der Waals surface area contributed by atoms with Gasteiger partial charge in [0.05, 0.1) is 30.9 Å². The Morgan fingerprint density at radius 2 is 1.47 bits per heavy atom. The summed E-state index contributed by atoms with van der Waals surface area (Å²) in [7, 11) is 0. The van der Waals surface area contributed by atoms with Crippen LogP contribution >= 0.6 is 0 Å². The van der Waals surface area contributed by atoms with Crippen LogP contribution in [0, 0.1) is 25.7 Å². The minimum absolute atomic E-state index is 0.471. The van der Waals surface area contributed by atoms with E-state index < -0.39 is 0 Å². The maximum atomic E-state index is 5.44. The molecular formula is C29H48N6O. The first-order valence-electron chi connectivity index (χ1n) is 13.2. The second kappa shape index (κ2) is 14.7. The van der Waals surface area contributed by atoms with Crippen LogP contribution in [0.5, 0.6) is 0 Å². The Hall–Kier alpha value is -2.80. The molecule has 4 heterocycles. The van der Waals surface area contributed by atoms with Crippen molar-refractivity contribution in [2.24, 2.45) is 11.8 Å². The van der Waals surface area contributed by atoms with E-state index in [1.807, 2.05) is 50.5 Å². The molecule has 0 bridgehead atoms. The molecule has 3 N–H and O–H groups in total. The quantitative estimate of drug-likeness (QED) is 0.470. The number of aromatic nitrogens is 2. The topological polar surface area (TPSA) is 74.3 Å². The largest absolute Gasteiger partial charge is 0.383 e. The van der Waals surface area contributed by atoms with Crippen LogP contribution in [0.4, 0.5) is 11.4 Å². The Balaban J connectivity index is 0.000000193. The summed E-state index contributed by atoms with van der Waals surface area (Å²) < 4.78 is 5.44. The lowest BCUT2D eigenvalue weighted by molar-refractivity contribution is 0.160. The molecular weight excluding hydrogens is 448 g/mol. The number of pyridine rings is 2. The zero-order chi connectivity index (χ0) is 26.7. The molecule has 2 aromatic rings. The standard InChI is InChI=1S/C11H20N2O.2C9H14N2/c1-8(2)12-9(3)13-4-10-6-14-7-11(10)5-13;1-7(2)11-9-4-5-10-8(3)6-9;1-7(2)11-9-5-4-8(3)10-6-9/h8,10-12H,3-7H2,1-2H3;4-7H,1-3H3,(H,10,11);4-7,11H,1-3H3/t10-,11+;;. The predicted octanol–water partition coefficient (Wildman–Crippen LogP) is 5.45. The smallest absolute Gasteiger partial charge is 0.0940 e. The number of nitrogens with one attached hydrogen (secondary N) is 3. The van der Waals surface area contributed by atoms with E-state index in [2.05, 4.69) is 78.9 Å². The lowest BCUT2D eigenvalue weighted by atomic mass is 10.0. The summed E-state index contributed by atoms with van der Waals surface area (Å²) in [6.07, 6.45) is 3.68. The maximum Gasteiger partial charge on any atom is 0.0940 e. The van der Waals surface area contributed by atoms with Crippen LogP contribution in [-0.2, 0) is 4.74 Å².